The number of furan rings is 1. The second kappa shape index (κ2) is 6.01. The van der Waals surface area contributed by atoms with E-state index in [1.165, 1.54) is 19.1 Å². The monoisotopic (exact) mass is 328 g/mol. The van der Waals surface area contributed by atoms with E-state index in [0.29, 0.717) is 11.3 Å². The van der Waals surface area contributed by atoms with Crippen molar-refractivity contribution in [2.45, 2.75) is 23.5 Å². The Labute approximate surface area is 134 Å². The van der Waals surface area contributed by atoms with Crippen LogP contribution in [0.15, 0.2) is 70.0 Å². The maximum atomic E-state index is 12.7. The Hall–Kier alpha value is -2.40. The van der Waals surface area contributed by atoms with Gasteiger partial charge in [0, 0.05) is 11.8 Å². The molecule has 5 heteroatoms. The van der Waals surface area contributed by atoms with E-state index in [1.54, 1.807) is 24.3 Å². The Morgan fingerprint density at radius 3 is 2.35 bits per heavy atom. The number of Topliss-reactive ketones (excluding diaryl/α,β-unsaturated/α-hetero) is 1. The second-order valence-electron chi connectivity index (χ2n) is 5.41. The minimum absolute atomic E-state index is 0.0290. The van der Waals surface area contributed by atoms with Crippen LogP contribution in [0.25, 0.3) is 11.0 Å². The molecular weight excluding hydrogens is 312 g/mol. The Kier molecular flexibility index (Phi) is 4.05. The van der Waals surface area contributed by atoms with E-state index >= 15 is 0 Å². The first-order valence-corrected chi connectivity index (χ1v) is 8.80. The zero-order chi connectivity index (χ0) is 16.4. The topological polar surface area (TPSA) is 64.3 Å². The van der Waals surface area contributed by atoms with Gasteiger partial charge in [-0.25, -0.2) is 8.42 Å². The van der Waals surface area contributed by atoms with Gasteiger partial charge in [0.2, 0.25) is 0 Å². The molecule has 3 rings (SSSR count). The number of fused-ring (bicyclic) bond motifs is 1. The summed E-state index contributed by atoms with van der Waals surface area (Å²) < 4.78 is 31.1. The van der Waals surface area contributed by atoms with Crippen molar-refractivity contribution in [3.63, 3.8) is 0 Å². The number of hydrogen-bond donors (Lipinski definition) is 0. The van der Waals surface area contributed by atoms with Crippen LogP contribution in [-0.2, 0) is 21.1 Å². The van der Waals surface area contributed by atoms with Gasteiger partial charge in [-0.3, -0.25) is 4.79 Å². The smallest absolute Gasteiger partial charge is 0.188 e. The standard InChI is InChI=1S/C18H16O4S/c1-13(19)18(23(20,21)16-8-3-2-4-9-16)12-15-11-14-7-5-6-10-17(14)22-15/h2-11,18H,12H2,1H3. The highest BCUT2D eigenvalue weighted by Gasteiger charge is 2.32. The maximum absolute atomic E-state index is 12.7. The van der Waals surface area contributed by atoms with Crippen molar-refractivity contribution >= 4 is 26.6 Å². The first-order valence-electron chi connectivity index (χ1n) is 7.25. The first-order chi connectivity index (χ1) is 11.0. The molecule has 0 aliphatic carbocycles. The summed E-state index contributed by atoms with van der Waals surface area (Å²) in [6.45, 7) is 1.30. The van der Waals surface area contributed by atoms with E-state index in [-0.39, 0.29) is 11.3 Å². The predicted octanol–water partition coefficient (Wildman–Crippen LogP) is 3.41. The molecule has 0 saturated carbocycles. The van der Waals surface area contributed by atoms with E-state index in [9.17, 15) is 13.2 Å². The fourth-order valence-electron chi connectivity index (χ4n) is 2.57. The van der Waals surface area contributed by atoms with Crippen LogP contribution in [-0.4, -0.2) is 19.5 Å². The Morgan fingerprint density at radius 1 is 1.04 bits per heavy atom. The molecule has 1 heterocycles. The van der Waals surface area contributed by atoms with Crippen LogP contribution in [0.3, 0.4) is 0 Å². The van der Waals surface area contributed by atoms with Crippen LogP contribution in [0.2, 0.25) is 0 Å². The van der Waals surface area contributed by atoms with Gasteiger partial charge in [0.15, 0.2) is 9.84 Å². The number of carbonyl (C=O) groups is 1. The van der Waals surface area contributed by atoms with Gasteiger partial charge in [-0.1, -0.05) is 36.4 Å². The third kappa shape index (κ3) is 3.05. The number of hydrogen-bond acceptors (Lipinski definition) is 4. The Bertz CT molecular complexity index is 906. The summed E-state index contributed by atoms with van der Waals surface area (Å²) in [6, 6.07) is 17.2. The van der Waals surface area contributed by atoms with E-state index in [4.69, 9.17) is 4.42 Å². The molecule has 0 fully saturated rings. The number of ketones is 1. The molecule has 4 nitrogen and oxygen atoms in total. The summed E-state index contributed by atoms with van der Waals surface area (Å²) in [5.74, 6) is 0.0974. The summed E-state index contributed by atoms with van der Waals surface area (Å²) in [6.07, 6.45) is 0.0290. The van der Waals surface area contributed by atoms with Crippen LogP contribution < -0.4 is 0 Å². The minimum Gasteiger partial charge on any atom is -0.461 e. The molecule has 0 aliphatic rings. The van der Waals surface area contributed by atoms with Crippen LogP contribution >= 0.6 is 0 Å². The predicted molar refractivity (Wildman–Crippen MR) is 88.0 cm³/mol. The van der Waals surface area contributed by atoms with Crippen molar-refractivity contribution in [1.82, 2.24) is 0 Å². The van der Waals surface area contributed by atoms with Crippen molar-refractivity contribution in [2.24, 2.45) is 0 Å². The summed E-state index contributed by atoms with van der Waals surface area (Å²) in [7, 11) is -3.75. The molecule has 1 atom stereocenters. The quantitative estimate of drug-likeness (QED) is 0.720. The molecule has 0 aliphatic heterocycles. The molecule has 0 radical (unpaired) electrons. The molecule has 0 N–H and O–H groups in total. The molecule has 2 aromatic carbocycles. The first kappa shape index (κ1) is 15.5. The van der Waals surface area contributed by atoms with Crippen molar-refractivity contribution < 1.29 is 17.6 Å². The molecule has 1 aromatic heterocycles. The van der Waals surface area contributed by atoms with E-state index < -0.39 is 20.9 Å². The molecule has 118 valence electrons. The molecule has 23 heavy (non-hydrogen) atoms. The van der Waals surface area contributed by atoms with Crippen molar-refractivity contribution in [1.29, 1.82) is 0 Å². The molecule has 0 spiro atoms. The van der Waals surface area contributed by atoms with Gasteiger partial charge in [-0.05, 0) is 31.2 Å². The summed E-state index contributed by atoms with van der Waals surface area (Å²) in [5.41, 5.74) is 0.682. The average molecular weight is 328 g/mol. The third-order valence-electron chi connectivity index (χ3n) is 3.76. The lowest BCUT2D eigenvalue weighted by atomic mass is 10.2. The molecule has 1 unspecified atom stereocenters. The lowest BCUT2D eigenvalue weighted by Crippen LogP contribution is -2.30. The largest absolute Gasteiger partial charge is 0.461 e. The lowest BCUT2D eigenvalue weighted by molar-refractivity contribution is -0.116. The van der Waals surface area contributed by atoms with Gasteiger partial charge in [0.1, 0.15) is 22.4 Å². The molecule has 0 amide bonds. The van der Waals surface area contributed by atoms with Gasteiger partial charge in [-0.15, -0.1) is 0 Å². The van der Waals surface area contributed by atoms with E-state index in [2.05, 4.69) is 0 Å². The number of carbonyl (C=O) groups excluding carboxylic acids is 1. The van der Waals surface area contributed by atoms with Crippen molar-refractivity contribution in [3.05, 3.63) is 66.4 Å². The minimum atomic E-state index is -3.75. The number of sulfone groups is 1. The highest BCUT2D eigenvalue weighted by molar-refractivity contribution is 7.92. The Morgan fingerprint density at radius 2 is 1.70 bits per heavy atom. The van der Waals surface area contributed by atoms with Gasteiger partial charge in [0.05, 0.1) is 4.90 Å². The molecule has 3 aromatic rings. The van der Waals surface area contributed by atoms with Crippen LogP contribution in [0.5, 0.6) is 0 Å². The fraction of sp³-hybridized carbons (Fsp3) is 0.167. The van der Waals surface area contributed by atoms with Gasteiger partial charge in [-0.2, -0.15) is 0 Å². The number of benzene rings is 2. The summed E-state index contributed by atoms with van der Waals surface area (Å²) >= 11 is 0. The average Bonchev–Trinajstić information content (AvgIpc) is 2.95. The highest BCUT2D eigenvalue weighted by Crippen LogP contribution is 2.24. The zero-order valence-electron chi connectivity index (χ0n) is 12.6. The highest BCUT2D eigenvalue weighted by atomic mass is 32.2. The maximum Gasteiger partial charge on any atom is 0.188 e. The lowest BCUT2D eigenvalue weighted by Gasteiger charge is -2.13. The van der Waals surface area contributed by atoms with Gasteiger partial charge >= 0.3 is 0 Å². The Balaban J connectivity index is 1.98. The normalized spacial score (nSPS) is 13.1. The number of rotatable bonds is 5. The fourth-order valence-corrected chi connectivity index (χ4v) is 4.25. The van der Waals surface area contributed by atoms with E-state index in [0.717, 1.165) is 5.39 Å². The molecule has 0 bridgehead atoms. The van der Waals surface area contributed by atoms with E-state index in [1.807, 2.05) is 24.3 Å². The van der Waals surface area contributed by atoms with Crippen molar-refractivity contribution in [3.8, 4) is 0 Å². The van der Waals surface area contributed by atoms with Gasteiger partial charge in [0.25, 0.3) is 0 Å². The number of para-hydroxylation sites is 1. The zero-order valence-corrected chi connectivity index (χ0v) is 13.4. The van der Waals surface area contributed by atoms with Gasteiger partial charge < -0.3 is 4.42 Å². The molecule has 0 saturated heterocycles. The third-order valence-corrected chi connectivity index (χ3v) is 5.94. The second-order valence-corrected chi connectivity index (χ2v) is 7.54. The SMILES string of the molecule is CC(=O)C(Cc1cc2ccccc2o1)S(=O)(=O)c1ccccc1. The van der Waals surface area contributed by atoms with Crippen LogP contribution in [0, 0.1) is 0 Å². The van der Waals surface area contributed by atoms with Crippen molar-refractivity contribution in [2.75, 3.05) is 0 Å². The summed E-state index contributed by atoms with van der Waals surface area (Å²) in [5, 5.41) is -0.257. The van der Waals surface area contributed by atoms with Crippen LogP contribution in [0.4, 0.5) is 0 Å². The molecular formula is C18H16O4S. The van der Waals surface area contributed by atoms with Crippen LogP contribution in [0.1, 0.15) is 12.7 Å². The summed E-state index contributed by atoms with van der Waals surface area (Å²) in [4.78, 5) is 12.1.